The minimum atomic E-state index is -1.58. The van der Waals surface area contributed by atoms with Crippen LogP contribution in [0.1, 0.15) is 335 Å². The molecule has 11 heteroatoms. The quantitative estimate of drug-likeness (QED) is 0.0195. The Hall–Kier alpha value is -2.90. The van der Waals surface area contributed by atoms with Crippen molar-refractivity contribution in [3.63, 3.8) is 0 Å². The van der Waals surface area contributed by atoms with Crippen molar-refractivity contribution in [3.8, 4) is 0 Å². The second kappa shape index (κ2) is 64.6. The number of esters is 1. The van der Waals surface area contributed by atoms with Crippen LogP contribution in [0.25, 0.3) is 0 Å². The molecule has 7 atom stereocenters. The van der Waals surface area contributed by atoms with E-state index in [2.05, 4.69) is 79.9 Å². The number of allylic oxidation sites excluding steroid dienone is 11. The number of carbonyl (C=O) groups excluding carboxylic acids is 2. The molecule has 0 radical (unpaired) electrons. The molecule has 1 aliphatic heterocycles. The molecule has 1 amide bonds. The van der Waals surface area contributed by atoms with E-state index in [1.807, 2.05) is 6.08 Å². The van der Waals surface area contributed by atoms with Crippen LogP contribution in [0.15, 0.2) is 72.9 Å². The fourth-order valence-corrected chi connectivity index (χ4v) is 11.2. The van der Waals surface area contributed by atoms with Gasteiger partial charge in [-0.3, -0.25) is 9.59 Å². The number of rotatable bonds is 64. The normalized spacial score (nSPS) is 18.3. The van der Waals surface area contributed by atoms with Crippen molar-refractivity contribution in [2.75, 3.05) is 19.8 Å². The van der Waals surface area contributed by atoms with Gasteiger partial charge in [-0.2, -0.15) is 0 Å². The van der Waals surface area contributed by atoms with E-state index in [9.17, 15) is 35.1 Å². The highest BCUT2D eigenvalue weighted by Gasteiger charge is 2.44. The van der Waals surface area contributed by atoms with Gasteiger partial charge in [-0.1, -0.05) is 286 Å². The van der Waals surface area contributed by atoms with E-state index in [4.69, 9.17) is 14.2 Å². The lowest BCUT2D eigenvalue weighted by molar-refractivity contribution is -0.302. The molecule has 7 unspecified atom stereocenters. The fraction of sp³-hybridized carbons (Fsp3) is 0.816. The third-order valence-corrected chi connectivity index (χ3v) is 17.0. The summed E-state index contributed by atoms with van der Waals surface area (Å²) in [4.78, 5) is 25.1. The molecular formula is C76H137NO10. The summed E-state index contributed by atoms with van der Waals surface area (Å²) in [5.74, 6) is -0.194. The van der Waals surface area contributed by atoms with E-state index in [1.54, 1.807) is 6.08 Å². The van der Waals surface area contributed by atoms with E-state index in [0.717, 1.165) is 70.6 Å². The Morgan fingerprint density at radius 3 is 1.21 bits per heavy atom. The first-order chi connectivity index (χ1) is 42.7. The summed E-state index contributed by atoms with van der Waals surface area (Å²) in [7, 11) is 0. The predicted molar refractivity (Wildman–Crippen MR) is 366 cm³/mol. The van der Waals surface area contributed by atoms with Gasteiger partial charge in [0.1, 0.15) is 24.4 Å². The number of carbonyl (C=O) groups is 2. The molecule has 0 aliphatic carbocycles. The van der Waals surface area contributed by atoms with Crippen LogP contribution in [-0.4, -0.2) is 100 Å². The third-order valence-electron chi connectivity index (χ3n) is 17.0. The molecule has 6 N–H and O–H groups in total. The van der Waals surface area contributed by atoms with Crippen LogP contribution >= 0.6 is 0 Å². The number of aliphatic hydroxyl groups is 5. The summed E-state index contributed by atoms with van der Waals surface area (Å²) in [5, 5.41) is 54.3. The highest BCUT2D eigenvalue weighted by Crippen LogP contribution is 2.23. The molecule has 87 heavy (non-hydrogen) atoms. The van der Waals surface area contributed by atoms with Crippen molar-refractivity contribution >= 4 is 11.9 Å². The topological polar surface area (TPSA) is 175 Å². The molecule has 0 bridgehead atoms. The second-order valence-electron chi connectivity index (χ2n) is 25.3. The maximum absolute atomic E-state index is 13.0. The van der Waals surface area contributed by atoms with E-state index in [-0.39, 0.29) is 18.5 Å². The number of unbranched alkanes of at least 4 members (excludes halogenated alkanes) is 40. The molecular weight excluding hydrogens is 1090 g/mol. The highest BCUT2D eigenvalue weighted by molar-refractivity contribution is 5.76. The molecule has 1 rings (SSSR count). The van der Waals surface area contributed by atoms with Crippen LogP contribution < -0.4 is 5.32 Å². The average molecular weight is 1220 g/mol. The molecule has 1 heterocycles. The number of hydrogen-bond acceptors (Lipinski definition) is 10. The first-order valence-electron chi connectivity index (χ1n) is 36.7. The van der Waals surface area contributed by atoms with Crippen molar-refractivity contribution in [3.05, 3.63) is 72.9 Å². The standard InChI is InChI=1S/C76H137NO10/c1-3-5-7-9-11-13-14-15-16-34-38-41-44-48-52-56-60-64-72(81)85-65-61-57-53-49-45-42-39-36-33-31-29-27-25-23-21-19-17-18-20-22-24-26-28-30-32-35-37-40-43-47-51-55-59-63-71(80)77-68(69(79)62-58-54-50-46-12-10-8-6-4-2)67-86-76-75(84)74(83)73(82)70(66-78)87-76/h11-13,15-16,21,23,27,29,46,58,62,68-70,73-76,78-79,82-84H,3-10,14,17-20,22,24-26,28,30-45,47-57,59-61,63-67H2,1-2H3,(H,77,80)/b13-11-,16-15-,23-21-,29-27-,46-12+,62-58+. The van der Waals surface area contributed by atoms with Crippen LogP contribution in [-0.2, 0) is 23.8 Å². The van der Waals surface area contributed by atoms with E-state index >= 15 is 0 Å². The van der Waals surface area contributed by atoms with Crippen molar-refractivity contribution in [1.82, 2.24) is 5.32 Å². The Bertz CT molecular complexity index is 1680. The zero-order valence-corrected chi connectivity index (χ0v) is 56.2. The van der Waals surface area contributed by atoms with Crippen molar-refractivity contribution in [1.29, 1.82) is 0 Å². The SMILES string of the molecule is CCCCC/C=C\C/C=C\CCCCCCCCCC(=O)OCCCCCCCCCCC/C=C\C/C=C\CCCCCCCCCCCCCCCCCCCC(=O)NC(COC1OC(CO)C(O)C(O)C1O)C(O)/C=C/CC/C=C/CCCCC. The zero-order chi connectivity index (χ0) is 63.0. The molecule has 1 aliphatic rings. The van der Waals surface area contributed by atoms with E-state index in [0.29, 0.717) is 19.4 Å². The van der Waals surface area contributed by atoms with Crippen molar-refractivity contribution in [2.24, 2.45) is 0 Å². The van der Waals surface area contributed by atoms with Gasteiger partial charge in [0.2, 0.25) is 5.91 Å². The number of hydrogen-bond donors (Lipinski definition) is 6. The summed E-state index contributed by atoms with van der Waals surface area (Å²) in [6.07, 6.45) is 77.9. The lowest BCUT2D eigenvalue weighted by Gasteiger charge is -2.40. The van der Waals surface area contributed by atoms with Gasteiger partial charge < -0.3 is 45.1 Å². The molecule has 0 saturated carbocycles. The third kappa shape index (κ3) is 53.5. The minimum Gasteiger partial charge on any atom is -0.466 e. The summed E-state index contributed by atoms with van der Waals surface area (Å²) < 4.78 is 16.7. The van der Waals surface area contributed by atoms with Gasteiger partial charge in [-0.05, 0) is 109 Å². The molecule has 506 valence electrons. The van der Waals surface area contributed by atoms with Gasteiger partial charge in [0.05, 0.1) is 32.0 Å². The molecule has 0 aromatic heterocycles. The Morgan fingerprint density at radius 2 is 0.782 bits per heavy atom. The van der Waals surface area contributed by atoms with Crippen molar-refractivity contribution in [2.45, 2.75) is 378 Å². The summed E-state index contributed by atoms with van der Waals surface area (Å²) >= 11 is 0. The maximum atomic E-state index is 13.0. The zero-order valence-electron chi connectivity index (χ0n) is 56.2. The summed E-state index contributed by atoms with van der Waals surface area (Å²) in [6, 6.07) is -0.826. The minimum absolute atomic E-state index is 0.00148. The van der Waals surface area contributed by atoms with Crippen LogP contribution in [0.2, 0.25) is 0 Å². The number of amides is 1. The average Bonchev–Trinajstić information content (AvgIpc) is 3.02. The van der Waals surface area contributed by atoms with Crippen LogP contribution in [0.5, 0.6) is 0 Å². The van der Waals surface area contributed by atoms with E-state index in [1.165, 1.54) is 238 Å². The van der Waals surface area contributed by atoms with E-state index < -0.39 is 49.5 Å². The van der Waals surface area contributed by atoms with Gasteiger partial charge in [0.15, 0.2) is 6.29 Å². The Kier molecular flexibility index (Phi) is 61.0. The highest BCUT2D eigenvalue weighted by atomic mass is 16.7. The molecule has 0 aromatic carbocycles. The molecule has 1 saturated heterocycles. The largest absolute Gasteiger partial charge is 0.466 e. The molecule has 11 nitrogen and oxygen atoms in total. The maximum Gasteiger partial charge on any atom is 0.305 e. The monoisotopic (exact) mass is 1220 g/mol. The van der Waals surface area contributed by atoms with Gasteiger partial charge in [-0.25, -0.2) is 0 Å². The number of nitrogens with one attached hydrogen (secondary N) is 1. The first kappa shape index (κ1) is 82.1. The molecule has 0 spiro atoms. The second-order valence-corrected chi connectivity index (χ2v) is 25.3. The van der Waals surface area contributed by atoms with Crippen molar-refractivity contribution < 1.29 is 49.3 Å². The predicted octanol–water partition coefficient (Wildman–Crippen LogP) is 19.1. The van der Waals surface area contributed by atoms with Crippen LogP contribution in [0.3, 0.4) is 0 Å². The van der Waals surface area contributed by atoms with Crippen LogP contribution in [0, 0.1) is 0 Å². The Morgan fingerprint density at radius 1 is 0.425 bits per heavy atom. The fourth-order valence-electron chi connectivity index (χ4n) is 11.2. The molecule has 1 fully saturated rings. The summed E-state index contributed by atoms with van der Waals surface area (Å²) in [6.45, 7) is 4.26. The Labute approximate surface area is 534 Å². The molecule has 0 aromatic rings. The van der Waals surface area contributed by atoms with Crippen LogP contribution in [0.4, 0.5) is 0 Å². The first-order valence-corrected chi connectivity index (χ1v) is 36.7. The van der Waals surface area contributed by atoms with Gasteiger partial charge in [0, 0.05) is 12.8 Å². The lowest BCUT2D eigenvalue weighted by atomic mass is 9.99. The van der Waals surface area contributed by atoms with Gasteiger partial charge in [-0.15, -0.1) is 0 Å². The van der Waals surface area contributed by atoms with Gasteiger partial charge >= 0.3 is 5.97 Å². The smallest absolute Gasteiger partial charge is 0.305 e. The Balaban J connectivity index is 1.90. The lowest BCUT2D eigenvalue weighted by Crippen LogP contribution is -2.60. The van der Waals surface area contributed by atoms with Gasteiger partial charge in [0.25, 0.3) is 0 Å². The summed E-state index contributed by atoms with van der Waals surface area (Å²) in [5.41, 5.74) is 0. The number of aliphatic hydroxyl groups excluding tert-OH is 5. The number of ether oxygens (including phenoxy) is 3.